The highest BCUT2D eigenvalue weighted by Gasteiger charge is 2.18. The van der Waals surface area contributed by atoms with Crippen LogP contribution in [-0.4, -0.2) is 15.0 Å². The van der Waals surface area contributed by atoms with E-state index in [0.29, 0.717) is 17.5 Å². The molecule has 14 rings (SSSR count). The average Bonchev–Trinajstić information content (AvgIpc) is 3.75. The molecular weight excluding hydrogens is 791 g/mol. The maximum atomic E-state index is 6.14. The van der Waals surface area contributed by atoms with Crippen molar-refractivity contribution in [3.8, 4) is 56.4 Å². The third-order valence-corrected chi connectivity index (χ3v) is 13.4. The quantitative estimate of drug-likeness (QED) is 0.162. The fraction of sp³-hybridized carbons (Fsp3) is 0. The molecule has 12 aromatic carbocycles. The number of rotatable bonds is 5. The van der Waals surface area contributed by atoms with Gasteiger partial charge in [-0.15, -0.1) is 0 Å². The zero-order chi connectivity index (χ0) is 42.6. The lowest BCUT2D eigenvalue weighted by molar-refractivity contribution is 0.669. The number of hydrogen-bond donors (Lipinski definition) is 0. The average molecular weight is 826 g/mol. The summed E-state index contributed by atoms with van der Waals surface area (Å²) in [5, 5.41) is 17.5. The lowest BCUT2D eigenvalue weighted by Gasteiger charge is -2.17. The summed E-state index contributed by atoms with van der Waals surface area (Å²) in [5.74, 6) is 1.86. The van der Waals surface area contributed by atoms with Crippen LogP contribution in [0.25, 0.3) is 143 Å². The van der Waals surface area contributed by atoms with Crippen LogP contribution in [0, 0.1) is 0 Å². The molecule has 300 valence electrons. The van der Waals surface area contributed by atoms with Gasteiger partial charge in [0.05, 0.1) is 0 Å². The Morgan fingerprint density at radius 2 is 0.677 bits per heavy atom. The van der Waals surface area contributed by atoms with Crippen molar-refractivity contribution in [2.75, 3.05) is 0 Å². The molecule has 0 radical (unpaired) electrons. The van der Waals surface area contributed by atoms with E-state index < -0.39 is 0 Å². The van der Waals surface area contributed by atoms with Crippen molar-refractivity contribution in [1.82, 2.24) is 15.0 Å². The third kappa shape index (κ3) is 5.61. The molecule has 0 fully saturated rings. The molecule has 0 aliphatic carbocycles. The predicted molar refractivity (Wildman–Crippen MR) is 271 cm³/mol. The van der Waals surface area contributed by atoms with Gasteiger partial charge in [0, 0.05) is 27.5 Å². The fourth-order valence-electron chi connectivity index (χ4n) is 10.4. The highest BCUT2D eigenvalue weighted by molar-refractivity contribution is 6.37. The second-order valence-corrected chi connectivity index (χ2v) is 17.1. The number of hydrogen-bond acceptors (Lipinski definition) is 4. The van der Waals surface area contributed by atoms with E-state index in [-0.39, 0.29) is 0 Å². The topological polar surface area (TPSA) is 51.8 Å². The van der Waals surface area contributed by atoms with E-state index in [2.05, 4.69) is 152 Å². The predicted octanol–water partition coefficient (Wildman–Crippen LogP) is 16.5. The van der Waals surface area contributed by atoms with E-state index in [1.165, 1.54) is 75.8 Å². The minimum absolute atomic E-state index is 0.611. The van der Waals surface area contributed by atoms with Crippen LogP contribution in [0.1, 0.15) is 0 Å². The van der Waals surface area contributed by atoms with Crippen LogP contribution in [0.4, 0.5) is 0 Å². The lowest BCUT2D eigenvalue weighted by atomic mass is 9.86. The number of benzene rings is 11. The van der Waals surface area contributed by atoms with Crippen molar-refractivity contribution < 1.29 is 4.42 Å². The van der Waals surface area contributed by atoms with Crippen LogP contribution in [0.3, 0.4) is 0 Å². The van der Waals surface area contributed by atoms with Gasteiger partial charge in [-0.1, -0.05) is 170 Å². The van der Waals surface area contributed by atoms with Crippen molar-refractivity contribution >= 4 is 86.6 Å². The smallest absolute Gasteiger partial charge is 0.164 e. The van der Waals surface area contributed by atoms with E-state index in [9.17, 15) is 0 Å². The molecule has 4 nitrogen and oxygen atoms in total. The number of fused-ring (bicyclic) bond motifs is 5. The molecule has 2 heterocycles. The monoisotopic (exact) mass is 825 g/mol. The Bertz CT molecular complexity index is 4220. The Morgan fingerprint density at radius 1 is 0.231 bits per heavy atom. The summed E-state index contributed by atoms with van der Waals surface area (Å²) in [6, 6.07) is 76.2. The summed E-state index contributed by atoms with van der Waals surface area (Å²) in [6.45, 7) is 0. The summed E-state index contributed by atoms with van der Waals surface area (Å²) in [5.41, 5.74) is 9.06. The van der Waals surface area contributed by atoms with Gasteiger partial charge in [0.15, 0.2) is 17.5 Å². The number of furan rings is 1. The summed E-state index contributed by atoms with van der Waals surface area (Å²) in [6.07, 6.45) is 0. The minimum atomic E-state index is 0.611. The van der Waals surface area contributed by atoms with E-state index >= 15 is 0 Å². The van der Waals surface area contributed by atoms with Crippen molar-refractivity contribution in [3.05, 3.63) is 212 Å². The van der Waals surface area contributed by atoms with Gasteiger partial charge in [-0.3, -0.25) is 0 Å². The number of nitrogens with zero attached hydrogens (tertiary/aromatic N) is 3. The molecule has 0 aliphatic rings. The van der Waals surface area contributed by atoms with Crippen LogP contribution < -0.4 is 0 Å². The van der Waals surface area contributed by atoms with Gasteiger partial charge < -0.3 is 4.42 Å². The van der Waals surface area contributed by atoms with Gasteiger partial charge in [0.25, 0.3) is 0 Å². The molecule has 0 bridgehead atoms. The van der Waals surface area contributed by atoms with Gasteiger partial charge in [-0.05, 0) is 129 Å². The van der Waals surface area contributed by atoms with Crippen molar-refractivity contribution in [2.24, 2.45) is 0 Å². The van der Waals surface area contributed by atoms with E-state index in [4.69, 9.17) is 19.4 Å². The van der Waals surface area contributed by atoms with E-state index in [1.54, 1.807) is 0 Å². The molecule has 0 atom stereocenters. The molecule has 0 spiro atoms. The maximum absolute atomic E-state index is 6.14. The van der Waals surface area contributed by atoms with Crippen LogP contribution in [0.15, 0.2) is 217 Å². The lowest BCUT2D eigenvalue weighted by Crippen LogP contribution is -2.00. The van der Waals surface area contributed by atoms with Crippen LogP contribution in [-0.2, 0) is 0 Å². The second-order valence-electron chi connectivity index (χ2n) is 17.1. The fourth-order valence-corrected chi connectivity index (χ4v) is 10.4. The van der Waals surface area contributed by atoms with Crippen molar-refractivity contribution in [1.29, 1.82) is 0 Å². The van der Waals surface area contributed by atoms with Gasteiger partial charge in [-0.25, -0.2) is 15.0 Å². The second kappa shape index (κ2) is 13.9. The first-order valence-corrected chi connectivity index (χ1v) is 22.1. The molecule has 14 aromatic rings. The summed E-state index contributed by atoms with van der Waals surface area (Å²) in [4.78, 5) is 15.1. The summed E-state index contributed by atoms with van der Waals surface area (Å²) < 4.78 is 6.14. The first kappa shape index (κ1) is 35.8. The highest BCUT2D eigenvalue weighted by Crippen LogP contribution is 2.45. The summed E-state index contributed by atoms with van der Waals surface area (Å²) >= 11 is 0. The molecule has 2 aromatic heterocycles. The number of para-hydroxylation sites is 1. The van der Waals surface area contributed by atoms with Gasteiger partial charge in [0.1, 0.15) is 11.2 Å². The maximum Gasteiger partial charge on any atom is 0.164 e. The molecule has 0 N–H and O–H groups in total. The van der Waals surface area contributed by atoms with Gasteiger partial charge in [0.2, 0.25) is 0 Å². The molecule has 0 saturated heterocycles. The van der Waals surface area contributed by atoms with Crippen LogP contribution >= 0.6 is 0 Å². The Morgan fingerprint density at radius 3 is 1.35 bits per heavy atom. The third-order valence-electron chi connectivity index (χ3n) is 13.4. The summed E-state index contributed by atoms with van der Waals surface area (Å²) in [7, 11) is 0. The van der Waals surface area contributed by atoms with Gasteiger partial charge >= 0.3 is 0 Å². The van der Waals surface area contributed by atoms with Gasteiger partial charge in [-0.2, -0.15) is 0 Å². The van der Waals surface area contributed by atoms with Crippen LogP contribution in [0.2, 0.25) is 0 Å². The molecule has 0 unspecified atom stereocenters. The first-order valence-electron chi connectivity index (χ1n) is 22.1. The van der Waals surface area contributed by atoms with E-state index in [0.717, 1.165) is 49.8 Å². The zero-order valence-corrected chi connectivity index (χ0v) is 35.0. The molecule has 0 saturated carbocycles. The molecule has 0 amide bonds. The Hall–Kier alpha value is -8.73. The van der Waals surface area contributed by atoms with E-state index in [1.807, 2.05) is 60.7 Å². The molecular formula is C61H35N3O. The largest absolute Gasteiger partial charge is 0.456 e. The molecule has 4 heteroatoms. The zero-order valence-electron chi connectivity index (χ0n) is 35.0. The van der Waals surface area contributed by atoms with Crippen LogP contribution in [0.5, 0.6) is 0 Å². The molecule has 65 heavy (non-hydrogen) atoms. The van der Waals surface area contributed by atoms with Crippen molar-refractivity contribution in [3.63, 3.8) is 0 Å². The van der Waals surface area contributed by atoms with Crippen molar-refractivity contribution in [2.45, 2.75) is 0 Å². The standard InChI is InChI=1S/C61H35N3O/c1-2-10-40(11-3-1)59-62-60(64-61(63-59)45-30-31-54-51(34-45)47-17-4-5-21-53(47)65-54)41-27-22-36(23-28-41)42-15-6-16-43(32-42)46-33-44-29-26-39-13-8-19-49-48-18-7-12-37-24-25-38-14-9-20-50(57(38)55(37)48)52(35-46)58(44)56(39)49/h1-35H. The Balaban J connectivity index is 0.894. The molecule has 0 aliphatic heterocycles. The minimum Gasteiger partial charge on any atom is -0.456 e. The SMILES string of the molecule is c1ccc(-c2nc(-c3ccc(-c4cccc(-c5cc6ccc7cccc8c9cccc%10ccc%11cccc(c(c5)c6c78)c%11c%109)c4)cc3)nc(-c3ccc4oc5ccccc5c4c3)n2)cc1. The first-order chi connectivity index (χ1) is 32.2. The Labute approximate surface area is 373 Å². The Kier molecular flexibility index (Phi) is 7.65. The normalized spacial score (nSPS) is 12.0. The number of aromatic nitrogens is 3. The highest BCUT2D eigenvalue weighted by atomic mass is 16.3.